The minimum atomic E-state index is 0.127. The van der Waals surface area contributed by atoms with Crippen molar-refractivity contribution in [3.63, 3.8) is 0 Å². The van der Waals surface area contributed by atoms with Gasteiger partial charge in [-0.3, -0.25) is 0 Å². The monoisotopic (exact) mass is 356 g/mol. The molecule has 0 amide bonds. The van der Waals surface area contributed by atoms with Crippen LogP contribution in [0.3, 0.4) is 0 Å². The van der Waals surface area contributed by atoms with Crippen LogP contribution in [0.4, 0.5) is 5.69 Å². The lowest BCUT2D eigenvalue weighted by Crippen LogP contribution is -2.31. The molecule has 2 N–H and O–H groups in total. The van der Waals surface area contributed by atoms with Gasteiger partial charge in [0.2, 0.25) is 0 Å². The Hall–Kier alpha value is -2.07. The molecule has 2 atom stereocenters. The molecular weight excluding hydrogens is 328 g/mol. The van der Waals surface area contributed by atoms with E-state index in [-0.39, 0.29) is 6.04 Å². The van der Waals surface area contributed by atoms with E-state index in [9.17, 15) is 0 Å². The lowest BCUT2D eigenvalue weighted by atomic mass is 9.96. The first-order valence-corrected chi connectivity index (χ1v) is 9.17. The van der Waals surface area contributed by atoms with Gasteiger partial charge in [-0.1, -0.05) is 44.2 Å². The maximum Gasteiger partial charge on any atom is 0.171 e. The Morgan fingerprint density at radius 2 is 1.72 bits per heavy atom. The van der Waals surface area contributed by atoms with Gasteiger partial charge in [-0.15, -0.1) is 0 Å². The summed E-state index contributed by atoms with van der Waals surface area (Å²) in [5.74, 6) is 1.37. The van der Waals surface area contributed by atoms with Crippen LogP contribution in [-0.4, -0.2) is 12.2 Å². The van der Waals surface area contributed by atoms with E-state index in [0.29, 0.717) is 11.0 Å². The average Bonchev–Trinajstić information content (AvgIpc) is 2.61. The highest BCUT2D eigenvalue weighted by atomic mass is 32.1. The fourth-order valence-electron chi connectivity index (χ4n) is 2.71. The van der Waals surface area contributed by atoms with Crippen molar-refractivity contribution < 1.29 is 4.74 Å². The van der Waals surface area contributed by atoms with Crippen molar-refractivity contribution in [2.75, 3.05) is 12.4 Å². The molecule has 0 heterocycles. The molecule has 0 fully saturated rings. The van der Waals surface area contributed by atoms with Crippen LogP contribution in [0.25, 0.3) is 0 Å². The third-order valence-corrected chi connectivity index (χ3v) is 4.79. The van der Waals surface area contributed by atoms with Gasteiger partial charge in [0.25, 0.3) is 0 Å². The molecule has 3 nitrogen and oxygen atoms in total. The van der Waals surface area contributed by atoms with E-state index in [1.807, 2.05) is 25.1 Å². The maximum absolute atomic E-state index is 5.47. The molecule has 0 aliphatic heterocycles. The molecule has 2 rings (SSSR count). The second-order valence-corrected chi connectivity index (χ2v) is 6.91. The van der Waals surface area contributed by atoms with Crippen molar-refractivity contribution in [3.05, 3.63) is 59.2 Å². The molecule has 134 valence electrons. The first-order chi connectivity index (χ1) is 11.9. The number of rotatable bonds is 6. The minimum Gasteiger partial charge on any atom is -0.495 e. The second-order valence-electron chi connectivity index (χ2n) is 6.50. The largest absolute Gasteiger partial charge is 0.495 e. The molecule has 4 heteroatoms. The lowest BCUT2D eigenvalue weighted by molar-refractivity contribution is 0.417. The number of methoxy groups -OCH3 is 1. The number of aryl methyl sites for hydroxylation is 1. The highest BCUT2D eigenvalue weighted by Crippen LogP contribution is 2.25. The van der Waals surface area contributed by atoms with Gasteiger partial charge in [-0.05, 0) is 67.2 Å². The van der Waals surface area contributed by atoms with Gasteiger partial charge in [0.15, 0.2) is 5.11 Å². The van der Waals surface area contributed by atoms with E-state index < -0.39 is 0 Å². The van der Waals surface area contributed by atoms with E-state index in [4.69, 9.17) is 17.0 Å². The van der Waals surface area contributed by atoms with Crippen LogP contribution in [0.5, 0.6) is 5.75 Å². The van der Waals surface area contributed by atoms with Crippen molar-refractivity contribution in [1.29, 1.82) is 0 Å². The highest BCUT2D eigenvalue weighted by Gasteiger charge is 2.10. The van der Waals surface area contributed by atoms with Crippen molar-refractivity contribution in [1.82, 2.24) is 5.32 Å². The number of nitrogens with one attached hydrogen (secondary N) is 2. The molecule has 0 aliphatic rings. The summed E-state index contributed by atoms with van der Waals surface area (Å²) < 4.78 is 5.39. The number of hydrogen-bond donors (Lipinski definition) is 2. The third kappa shape index (κ3) is 5.20. The zero-order valence-corrected chi connectivity index (χ0v) is 16.5. The first kappa shape index (κ1) is 19.3. The summed E-state index contributed by atoms with van der Waals surface area (Å²) in [7, 11) is 1.66. The van der Waals surface area contributed by atoms with Crippen LogP contribution in [0, 0.1) is 6.92 Å². The second kappa shape index (κ2) is 8.86. The van der Waals surface area contributed by atoms with Crippen LogP contribution < -0.4 is 15.4 Å². The fourth-order valence-corrected chi connectivity index (χ4v) is 2.99. The molecular formula is C21H28N2OS. The molecule has 0 aromatic heterocycles. The number of anilines is 1. The summed E-state index contributed by atoms with van der Waals surface area (Å²) in [4.78, 5) is 0. The predicted octanol–water partition coefficient (Wildman–Crippen LogP) is 5.56. The molecule has 0 saturated carbocycles. The quantitative estimate of drug-likeness (QED) is 0.663. The van der Waals surface area contributed by atoms with Crippen molar-refractivity contribution in [3.8, 4) is 5.75 Å². The van der Waals surface area contributed by atoms with Gasteiger partial charge in [-0.2, -0.15) is 0 Å². The summed E-state index contributed by atoms with van der Waals surface area (Å²) in [6, 6.07) is 14.9. The van der Waals surface area contributed by atoms with Gasteiger partial charge < -0.3 is 15.4 Å². The van der Waals surface area contributed by atoms with E-state index in [2.05, 4.69) is 55.7 Å². The first-order valence-electron chi connectivity index (χ1n) is 8.76. The van der Waals surface area contributed by atoms with Gasteiger partial charge in [0.1, 0.15) is 5.75 Å². The summed E-state index contributed by atoms with van der Waals surface area (Å²) in [6.07, 6.45) is 1.15. The standard InChI is InChI=1S/C21H28N2OS/c1-6-15(3)17-8-10-18(11-9-17)16(4)22-21(25)23-19-13-14(2)7-12-20(19)24-5/h7-13,15-16H,6H2,1-5H3,(H2,22,23,25). The number of thiocarbonyl (C=S) groups is 1. The summed E-state index contributed by atoms with van der Waals surface area (Å²) in [5.41, 5.74) is 4.62. The molecule has 0 spiro atoms. The van der Waals surface area contributed by atoms with E-state index in [1.165, 1.54) is 11.1 Å². The average molecular weight is 357 g/mol. The molecule has 2 aromatic rings. The van der Waals surface area contributed by atoms with Crippen LogP contribution >= 0.6 is 12.2 Å². The van der Waals surface area contributed by atoms with E-state index >= 15 is 0 Å². The van der Waals surface area contributed by atoms with Gasteiger partial charge in [-0.25, -0.2) is 0 Å². The Balaban J connectivity index is 2.01. The SMILES string of the molecule is CCC(C)c1ccc(C(C)NC(=S)Nc2cc(C)ccc2OC)cc1. The molecule has 25 heavy (non-hydrogen) atoms. The molecule has 2 unspecified atom stereocenters. The zero-order valence-electron chi connectivity index (χ0n) is 15.7. The van der Waals surface area contributed by atoms with Crippen molar-refractivity contribution >= 4 is 23.0 Å². The molecule has 0 radical (unpaired) electrons. The molecule has 2 aromatic carbocycles. The van der Waals surface area contributed by atoms with Crippen LogP contribution in [0.2, 0.25) is 0 Å². The highest BCUT2D eigenvalue weighted by molar-refractivity contribution is 7.80. The van der Waals surface area contributed by atoms with E-state index in [0.717, 1.165) is 23.4 Å². The number of ether oxygens (including phenoxy) is 1. The zero-order chi connectivity index (χ0) is 18.4. The maximum atomic E-state index is 5.47. The van der Waals surface area contributed by atoms with Crippen molar-refractivity contribution in [2.45, 2.75) is 46.1 Å². The Kier molecular flexibility index (Phi) is 6.82. The Morgan fingerprint density at radius 1 is 1.08 bits per heavy atom. The van der Waals surface area contributed by atoms with Gasteiger partial charge in [0, 0.05) is 0 Å². The van der Waals surface area contributed by atoms with Crippen LogP contribution in [-0.2, 0) is 0 Å². The third-order valence-electron chi connectivity index (χ3n) is 4.57. The fraction of sp³-hybridized carbons (Fsp3) is 0.381. The Morgan fingerprint density at radius 3 is 2.32 bits per heavy atom. The number of hydrogen-bond acceptors (Lipinski definition) is 2. The molecule has 0 saturated heterocycles. The number of benzene rings is 2. The van der Waals surface area contributed by atoms with Gasteiger partial charge in [0.05, 0.1) is 18.8 Å². The minimum absolute atomic E-state index is 0.127. The van der Waals surface area contributed by atoms with Crippen molar-refractivity contribution in [2.24, 2.45) is 0 Å². The van der Waals surface area contributed by atoms with Gasteiger partial charge >= 0.3 is 0 Å². The van der Waals surface area contributed by atoms with Crippen LogP contribution in [0.1, 0.15) is 55.8 Å². The smallest absolute Gasteiger partial charge is 0.171 e. The topological polar surface area (TPSA) is 33.3 Å². The van der Waals surface area contributed by atoms with Crippen LogP contribution in [0.15, 0.2) is 42.5 Å². The Bertz CT molecular complexity index is 712. The molecule has 0 bridgehead atoms. The normalized spacial score (nSPS) is 13.0. The Labute approximate surface area is 156 Å². The summed E-state index contributed by atoms with van der Waals surface area (Å²) >= 11 is 5.47. The summed E-state index contributed by atoms with van der Waals surface area (Å²) in [5, 5.41) is 7.17. The summed E-state index contributed by atoms with van der Waals surface area (Å²) in [6.45, 7) is 8.62. The molecule has 0 aliphatic carbocycles. The van der Waals surface area contributed by atoms with E-state index in [1.54, 1.807) is 7.11 Å². The predicted molar refractivity (Wildman–Crippen MR) is 111 cm³/mol. The lowest BCUT2D eigenvalue weighted by Gasteiger charge is -2.19.